The van der Waals surface area contributed by atoms with E-state index in [0.29, 0.717) is 38.0 Å². The second-order valence-electron chi connectivity index (χ2n) is 41.4. The first-order chi connectivity index (χ1) is 68.5. The van der Waals surface area contributed by atoms with E-state index in [2.05, 4.69) is 52.0 Å². The molecule has 148 heavy (non-hydrogen) atoms. The summed E-state index contributed by atoms with van der Waals surface area (Å²) in [5.74, 6) is -5.45. The molecule has 0 aliphatic heterocycles. The summed E-state index contributed by atoms with van der Waals surface area (Å²) in [6.45, 7) is 28.9. The van der Waals surface area contributed by atoms with Gasteiger partial charge in [-0.05, 0) is 181 Å². The van der Waals surface area contributed by atoms with Crippen molar-refractivity contribution in [1.29, 1.82) is 0 Å². The number of fused-ring (bicyclic) bond motifs is 4. The molecule has 796 valence electrons. The Morgan fingerprint density at radius 2 is 0.520 bits per heavy atom. The predicted molar refractivity (Wildman–Crippen MR) is 552 cm³/mol. The number of amides is 8. The fourth-order valence-electron chi connectivity index (χ4n) is 16.8. The molecule has 1 unspecified atom stereocenters. The average Bonchev–Trinajstić information content (AvgIpc) is 1.65. The Balaban J connectivity index is 0.000000327. The van der Waals surface area contributed by atoms with Gasteiger partial charge in [0.15, 0.2) is 0 Å². The minimum atomic E-state index is -1.36. The molecule has 8 amide bonds. The molecule has 0 saturated heterocycles. The number of methoxy groups -OCH3 is 4. The third kappa shape index (κ3) is 40.2. The van der Waals surface area contributed by atoms with Crippen LogP contribution in [0, 0.1) is 11.8 Å². The van der Waals surface area contributed by atoms with Gasteiger partial charge >= 0.3 is 89.7 Å². The van der Waals surface area contributed by atoms with Crippen LogP contribution >= 0.6 is 0 Å². The number of rotatable bonds is 30. The van der Waals surface area contributed by atoms with Crippen LogP contribution in [-0.2, 0) is 163 Å². The number of hydrogen-bond acceptors (Lipinski definition) is 25. The van der Waals surface area contributed by atoms with Crippen LogP contribution in [0.3, 0.4) is 0 Å². The summed E-state index contributed by atoms with van der Waals surface area (Å²) in [5, 5.41) is 41.2. The number of nitrogens with one attached hydrogen (secondary N) is 8. The van der Waals surface area contributed by atoms with Crippen LogP contribution < -0.4 is 83.6 Å². The van der Waals surface area contributed by atoms with Gasteiger partial charge in [-0.3, -0.25) is 28.8 Å². The molecule has 35 nitrogen and oxygen atoms in total. The molecular weight excluding hydrogens is 1910 g/mol. The van der Waals surface area contributed by atoms with E-state index in [-0.39, 0.29) is 111 Å². The van der Waals surface area contributed by atoms with Gasteiger partial charge in [-0.25, -0.2) is 38.4 Å². The molecule has 8 aromatic carbocycles. The number of ether oxygens (including phenoxy) is 8. The van der Waals surface area contributed by atoms with E-state index < -0.39 is 153 Å². The molecule has 4 aliphatic carbocycles. The number of alkyl carbamates (subject to hydrolysis) is 4. The van der Waals surface area contributed by atoms with Crippen LogP contribution in [-0.4, -0.2) is 209 Å². The minimum absolute atomic E-state index is 0. The smallest absolute Gasteiger partial charge is 0.870 e. The number of hydrogen-bond donors (Lipinski definition) is 12. The summed E-state index contributed by atoms with van der Waals surface area (Å²) >= 11 is 0. The van der Waals surface area contributed by atoms with Crippen molar-refractivity contribution in [1.82, 2.24) is 42.5 Å². The van der Waals surface area contributed by atoms with Crippen molar-refractivity contribution in [3.8, 4) is 0 Å². The van der Waals surface area contributed by atoms with Gasteiger partial charge in [0, 0.05) is 70.6 Å². The first-order valence-electron chi connectivity index (χ1n) is 48.5. The van der Waals surface area contributed by atoms with E-state index in [1.807, 2.05) is 246 Å². The zero-order valence-electron chi connectivity index (χ0n) is 88.8. The molecule has 0 radical (unpaired) electrons. The molecule has 36 heteroatoms. The molecule has 8 aromatic rings. The largest absolute Gasteiger partial charge is 1.00 e. The maximum absolute atomic E-state index is 14.0. The standard InChI is InChI=1S/C31H41N3O6.C25H30N2O5.C24H28N2O5.C15H19NO4.C10H13NO2.C7H15NO2.Na.H2O/c1-20(2)16-25(27(36)39-6)32-26(35)24(17-21-12-8-7-9-13-21)33-28(37)31(34-29(38)40-30(3,4)5)18-22-14-10-11-15-23(22)19-31;1-24(2,3)32-23(30)27-25(15-18-12-8-9-13-19(18)16-25)22(29)26-20(21(28)31-4)14-17-10-6-5-7-11-17;1-23(2,3)31-22(30)26-24(14-17-11-7-8-12-18(17)15-24)21(29)25-19(20(27)28)13-16-9-5-4-6-10-16;1-14(2,3)20-13(19)16-15(12(17)18)8-10-6-4-5-7-11(10)9-15;1-13-10(12)9(11)7-8-5-3-2-4-6-8;1-5(2)4-6(8)7(9)10-3;;/h7-15,20,24-25H,16-19H2,1-6H3,(H,32,35)(H,33,37)(H,34,38);5-13,20H,14-16H2,1-4H3,(H,26,29)(H,27,30);4-12,19H,13-15H2,1-3H3,(H,25,29)(H,26,30)(H,27,28);4-7H,8-9H2,1-3H3,(H,16,19)(H,17,18);2-6,9H,7,11H2,1H3;5-6H,4,8H2,1-3H3;;1H2/q;;;;;;+1;/p-1/t24-,25?;20-;19-;;9-;6-;;/m111.11../s1. The zero-order valence-corrected chi connectivity index (χ0v) is 90.8. The summed E-state index contributed by atoms with van der Waals surface area (Å²) in [4.78, 5) is 175. The van der Waals surface area contributed by atoms with Crippen LogP contribution in [0.2, 0.25) is 0 Å². The van der Waals surface area contributed by atoms with E-state index in [1.54, 1.807) is 83.1 Å². The Kier molecular flexibility index (Phi) is 48.2. The number of nitrogens with two attached hydrogens (primary N) is 2. The molecule has 0 spiro atoms. The van der Waals surface area contributed by atoms with Gasteiger partial charge in [-0.15, -0.1) is 0 Å². The molecule has 0 bridgehead atoms. The SMILES string of the molecule is CC(C)(C)OC(=O)NC1(C(=O)N[C@H](Cc2ccccc2)C(=O)O)Cc2ccccc2C1.CC(C)(C)OC(=O)NC1(C(=O)O)Cc2ccccc2C1.COC(=O)C(CC(C)C)NC(=O)[C@@H](Cc1ccccc1)NC(=O)C1(NC(=O)OC(C)(C)C)Cc2ccccc2C1.COC(=O)[C@@H](Cc1ccccc1)NC(=O)C1(NC(=O)OC(C)(C)C)Cc2ccccc2C1.COC(=O)[C@H](N)CC(C)C.COC(=O)[C@H](N)Cc1ccccc1.[Na+].[OH-]. The second kappa shape index (κ2) is 57.1. The first-order valence-corrected chi connectivity index (χ1v) is 48.5. The Morgan fingerprint density at radius 1 is 0.297 bits per heavy atom. The number of esters is 4. The van der Waals surface area contributed by atoms with E-state index in [4.69, 9.17) is 39.9 Å². The molecule has 4 aliphatic rings. The molecule has 0 aromatic heterocycles. The Morgan fingerprint density at radius 3 is 0.777 bits per heavy atom. The Bertz CT molecular complexity index is 5650. The summed E-state index contributed by atoms with van der Waals surface area (Å²) < 4.78 is 40.2. The quantitative estimate of drug-likeness (QED) is 0.0113. The van der Waals surface area contributed by atoms with Gasteiger partial charge in [0.2, 0.25) is 23.6 Å². The van der Waals surface area contributed by atoms with Crippen LogP contribution in [0.5, 0.6) is 0 Å². The van der Waals surface area contributed by atoms with Crippen LogP contribution in [0.25, 0.3) is 0 Å². The third-order valence-corrected chi connectivity index (χ3v) is 23.5. The third-order valence-electron chi connectivity index (χ3n) is 23.5. The maximum Gasteiger partial charge on any atom is 1.00 e. The van der Waals surface area contributed by atoms with Crippen molar-refractivity contribution in [2.45, 2.75) is 281 Å². The van der Waals surface area contributed by atoms with Gasteiger partial charge in [-0.1, -0.05) is 246 Å². The van der Waals surface area contributed by atoms with E-state index in [9.17, 15) is 77.3 Å². The average molecular weight is 2060 g/mol. The number of carboxylic acids is 2. The number of carbonyl (C=O) groups is 14. The fourth-order valence-corrected chi connectivity index (χ4v) is 16.8. The predicted octanol–water partition coefficient (Wildman–Crippen LogP) is 9.51. The summed E-state index contributed by atoms with van der Waals surface area (Å²) in [7, 11) is 5.25. The molecule has 12 rings (SSSR count). The molecule has 0 heterocycles. The number of carboxylic acid groups (broad SMARTS) is 2. The number of aliphatic carboxylic acids is 2. The van der Waals surface area contributed by atoms with Crippen molar-refractivity contribution < 1.29 is 150 Å². The molecule has 0 saturated carbocycles. The molecule has 15 N–H and O–H groups in total. The summed E-state index contributed by atoms with van der Waals surface area (Å²) in [6, 6.07) is 62.7. The second-order valence-corrected chi connectivity index (χ2v) is 41.4. The summed E-state index contributed by atoms with van der Waals surface area (Å²) in [5.41, 5.74) is 14.0. The Hall–Kier alpha value is -13.6. The first kappa shape index (κ1) is 125. The van der Waals surface area contributed by atoms with Crippen molar-refractivity contribution in [2.24, 2.45) is 23.3 Å². The minimum Gasteiger partial charge on any atom is -0.870 e. The van der Waals surface area contributed by atoms with Crippen LogP contribution in [0.1, 0.15) is 190 Å². The van der Waals surface area contributed by atoms with E-state index >= 15 is 0 Å². The monoisotopic (exact) mass is 2060 g/mol. The van der Waals surface area contributed by atoms with Gasteiger partial charge in [0.05, 0.1) is 28.4 Å². The van der Waals surface area contributed by atoms with Crippen molar-refractivity contribution in [3.63, 3.8) is 0 Å². The van der Waals surface area contributed by atoms with Crippen molar-refractivity contribution in [3.05, 3.63) is 285 Å². The van der Waals surface area contributed by atoms with E-state index in [0.717, 1.165) is 66.8 Å². The van der Waals surface area contributed by atoms with Gasteiger partial charge in [-0.2, -0.15) is 0 Å². The zero-order chi connectivity index (χ0) is 108. The van der Waals surface area contributed by atoms with Crippen molar-refractivity contribution >= 4 is 83.8 Å². The summed E-state index contributed by atoms with van der Waals surface area (Å²) in [6.07, 6.45) is 1.50. The van der Waals surface area contributed by atoms with E-state index in [1.165, 1.54) is 28.4 Å². The fraction of sp³-hybridized carbons (Fsp3) is 0.446. The molecular formula is C112H147N10NaO25. The van der Waals surface area contributed by atoms with Crippen LogP contribution in [0.15, 0.2) is 218 Å². The maximum atomic E-state index is 14.0. The van der Waals surface area contributed by atoms with Gasteiger partial charge in [0.25, 0.3) is 0 Å². The number of benzene rings is 8. The molecule has 6 atom stereocenters. The van der Waals surface area contributed by atoms with Crippen LogP contribution in [0.4, 0.5) is 19.2 Å². The Labute approximate surface area is 889 Å². The number of carbonyl (C=O) groups excluding carboxylic acids is 12. The van der Waals surface area contributed by atoms with Crippen molar-refractivity contribution in [2.75, 3.05) is 28.4 Å². The topological polar surface area (TPSA) is 532 Å². The molecule has 0 fully saturated rings. The van der Waals surface area contributed by atoms with Gasteiger partial charge in [0.1, 0.15) is 80.8 Å². The normalized spacial score (nSPS) is 14.9. The van der Waals surface area contributed by atoms with Gasteiger partial charge < -0.3 is 108 Å².